The van der Waals surface area contributed by atoms with Crippen molar-refractivity contribution in [1.82, 2.24) is 0 Å². The molecule has 0 radical (unpaired) electrons. The molecule has 0 bridgehead atoms. The summed E-state index contributed by atoms with van der Waals surface area (Å²) in [6, 6.07) is 2.17. The molecule has 0 unspecified atom stereocenters. The summed E-state index contributed by atoms with van der Waals surface area (Å²) in [6.07, 6.45) is 0. The lowest BCUT2D eigenvalue weighted by molar-refractivity contribution is 1.05. The highest BCUT2D eigenvalue weighted by atomic mass is 127. The molecule has 1 heterocycles. The first-order chi connectivity index (χ1) is 5.59. The zero-order valence-corrected chi connectivity index (χ0v) is 11.3. The van der Waals surface area contributed by atoms with Gasteiger partial charge in [0, 0.05) is 9.75 Å². The average Bonchev–Trinajstić information content (AvgIpc) is 2.26. The topological polar surface area (TPSA) is 38.4 Å². The van der Waals surface area contributed by atoms with E-state index in [2.05, 4.69) is 24.9 Å². The highest BCUT2D eigenvalue weighted by molar-refractivity contribution is 14.0. The molecule has 13 heavy (non-hydrogen) atoms. The third-order valence-corrected chi connectivity index (χ3v) is 2.65. The van der Waals surface area contributed by atoms with Crippen LogP contribution in [0, 0.1) is 13.8 Å². The van der Waals surface area contributed by atoms with Crippen LogP contribution in [0.4, 0.5) is 0 Å². The van der Waals surface area contributed by atoms with Crippen molar-refractivity contribution in [3.8, 4) is 0 Å². The minimum absolute atomic E-state index is 0. The van der Waals surface area contributed by atoms with Gasteiger partial charge in [-0.1, -0.05) is 0 Å². The smallest absolute Gasteiger partial charge is 0.0909 e. The van der Waals surface area contributed by atoms with Gasteiger partial charge < -0.3 is 5.73 Å². The Hall–Kier alpha value is -0.100. The monoisotopic (exact) mass is 310 g/mol. The van der Waals surface area contributed by atoms with Crippen molar-refractivity contribution in [2.24, 2.45) is 10.7 Å². The quantitative estimate of drug-likeness (QED) is 0.509. The van der Waals surface area contributed by atoms with E-state index in [9.17, 15) is 0 Å². The molecule has 0 saturated heterocycles. The Balaban J connectivity index is 0.00000144. The molecule has 0 atom stereocenters. The number of halogens is 1. The molecular formula is C9H15IN2S. The minimum atomic E-state index is 0. The molecule has 4 heteroatoms. The second-order valence-electron chi connectivity index (χ2n) is 2.90. The Morgan fingerprint density at radius 2 is 2.15 bits per heavy atom. The average molecular weight is 310 g/mol. The molecule has 0 spiro atoms. The fourth-order valence-corrected chi connectivity index (χ4v) is 1.99. The van der Waals surface area contributed by atoms with Crippen molar-refractivity contribution >= 4 is 41.1 Å². The second kappa shape index (κ2) is 5.59. The highest BCUT2D eigenvalue weighted by Gasteiger charge is 2.00. The third kappa shape index (κ3) is 4.08. The number of nitrogens with two attached hydrogens (primary N) is 1. The molecule has 0 aliphatic rings. The molecule has 0 fully saturated rings. The number of amidine groups is 1. The standard InChI is InChI=1S/C9H14N2S.HI/c1-6-4-9(7(2)12-6)5-11-8(3)10;/h4H,5H2,1-3H3,(H2,10,11);1H. The first-order valence-corrected chi connectivity index (χ1v) is 4.73. The fourth-order valence-electron chi connectivity index (χ4n) is 1.05. The largest absolute Gasteiger partial charge is 0.388 e. The van der Waals surface area contributed by atoms with Crippen LogP contribution in [0.5, 0.6) is 0 Å². The number of hydrogen-bond acceptors (Lipinski definition) is 2. The van der Waals surface area contributed by atoms with Crippen molar-refractivity contribution in [2.75, 3.05) is 0 Å². The summed E-state index contributed by atoms with van der Waals surface area (Å²) < 4.78 is 0. The van der Waals surface area contributed by atoms with Gasteiger partial charge in [-0.2, -0.15) is 0 Å². The Bertz CT molecular complexity index is 301. The maximum Gasteiger partial charge on any atom is 0.0909 e. The van der Waals surface area contributed by atoms with Crippen LogP contribution >= 0.6 is 35.3 Å². The molecule has 2 N–H and O–H groups in total. The van der Waals surface area contributed by atoms with Gasteiger partial charge >= 0.3 is 0 Å². The predicted octanol–water partition coefficient (Wildman–Crippen LogP) is 2.86. The molecule has 0 saturated carbocycles. The van der Waals surface area contributed by atoms with Gasteiger partial charge in [-0.3, -0.25) is 4.99 Å². The van der Waals surface area contributed by atoms with Crippen LogP contribution < -0.4 is 5.73 Å². The maximum atomic E-state index is 5.45. The number of nitrogens with zero attached hydrogens (tertiary/aromatic N) is 1. The lowest BCUT2D eigenvalue weighted by Gasteiger charge is -1.93. The lowest BCUT2D eigenvalue weighted by atomic mass is 10.2. The molecule has 0 aliphatic heterocycles. The van der Waals surface area contributed by atoms with Crippen molar-refractivity contribution in [1.29, 1.82) is 0 Å². The number of aryl methyl sites for hydroxylation is 2. The first kappa shape index (κ1) is 12.9. The van der Waals surface area contributed by atoms with Crippen LogP contribution in [0.25, 0.3) is 0 Å². The summed E-state index contributed by atoms with van der Waals surface area (Å²) in [5, 5.41) is 0. The summed E-state index contributed by atoms with van der Waals surface area (Å²) in [5.74, 6) is 0.651. The number of aliphatic imine (C=N–C) groups is 1. The number of hydrogen-bond donors (Lipinski definition) is 1. The van der Waals surface area contributed by atoms with Gasteiger partial charge in [0.25, 0.3) is 0 Å². The van der Waals surface area contributed by atoms with Crippen molar-refractivity contribution in [3.63, 3.8) is 0 Å². The molecule has 1 aromatic heterocycles. The fraction of sp³-hybridized carbons (Fsp3) is 0.444. The molecular weight excluding hydrogens is 295 g/mol. The summed E-state index contributed by atoms with van der Waals surface area (Å²) in [6.45, 7) is 6.77. The van der Waals surface area contributed by atoms with Gasteiger partial charge in [-0.25, -0.2) is 0 Å². The zero-order chi connectivity index (χ0) is 9.14. The Labute approximate surface area is 100 Å². The summed E-state index contributed by atoms with van der Waals surface area (Å²) in [7, 11) is 0. The van der Waals surface area contributed by atoms with Crippen molar-refractivity contribution < 1.29 is 0 Å². The summed E-state index contributed by atoms with van der Waals surface area (Å²) in [4.78, 5) is 6.86. The van der Waals surface area contributed by atoms with Crippen LogP contribution in [0.1, 0.15) is 22.2 Å². The number of rotatable bonds is 2. The van der Waals surface area contributed by atoms with E-state index in [0.717, 1.165) is 6.54 Å². The normalized spacial score (nSPS) is 11.2. The van der Waals surface area contributed by atoms with Crippen LogP contribution in [-0.4, -0.2) is 5.84 Å². The Morgan fingerprint density at radius 1 is 1.54 bits per heavy atom. The van der Waals surface area contributed by atoms with Crippen molar-refractivity contribution in [3.05, 3.63) is 21.4 Å². The van der Waals surface area contributed by atoms with Crippen LogP contribution in [0.3, 0.4) is 0 Å². The van der Waals surface area contributed by atoms with E-state index in [1.807, 2.05) is 18.3 Å². The van der Waals surface area contributed by atoms with E-state index in [1.54, 1.807) is 0 Å². The Morgan fingerprint density at radius 3 is 2.54 bits per heavy atom. The molecule has 0 aliphatic carbocycles. The van der Waals surface area contributed by atoms with Crippen LogP contribution in [-0.2, 0) is 6.54 Å². The van der Waals surface area contributed by atoms with Crippen LogP contribution in [0.2, 0.25) is 0 Å². The SMILES string of the molecule is CC(N)=NCc1cc(C)sc1C.I. The molecule has 1 aromatic rings. The second-order valence-corrected chi connectivity index (χ2v) is 4.36. The number of thiophene rings is 1. The lowest BCUT2D eigenvalue weighted by Crippen LogP contribution is -2.05. The first-order valence-electron chi connectivity index (χ1n) is 3.92. The van der Waals surface area contributed by atoms with Gasteiger partial charge in [-0.15, -0.1) is 35.3 Å². The molecule has 0 amide bonds. The van der Waals surface area contributed by atoms with Crippen molar-refractivity contribution in [2.45, 2.75) is 27.3 Å². The van der Waals surface area contributed by atoms with Gasteiger partial charge in [-0.05, 0) is 32.4 Å². The van der Waals surface area contributed by atoms with E-state index in [0.29, 0.717) is 5.84 Å². The molecule has 1 rings (SSSR count). The molecule has 0 aromatic carbocycles. The van der Waals surface area contributed by atoms with Gasteiger partial charge in [0.1, 0.15) is 0 Å². The van der Waals surface area contributed by atoms with Gasteiger partial charge in [0.05, 0.1) is 12.4 Å². The van der Waals surface area contributed by atoms with E-state index in [-0.39, 0.29) is 24.0 Å². The third-order valence-electron chi connectivity index (χ3n) is 1.64. The van der Waals surface area contributed by atoms with Gasteiger partial charge in [0.15, 0.2) is 0 Å². The summed E-state index contributed by atoms with van der Waals surface area (Å²) >= 11 is 1.81. The van der Waals surface area contributed by atoms with E-state index in [1.165, 1.54) is 15.3 Å². The van der Waals surface area contributed by atoms with Gasteiger partial charge in [0.2, 0.25) is 0 Å². The van der Waals surface area contributed by atoms with E-state index in [4.69, 9.17) is 5.73 Å². The van der Waals surface area contributed by atoms with E-state index >= 15 is 0 Å². The highest BCUT2D eigenvalue weighted by Crippen LogP contribution is 2.20. The maximum absolute atomic E-state index is 5.45. The minimum Gasteiger partial charge on any atom is -0.388 e. The molecule has 74 valence electrons. The van der Waals surface area contributed by atoms with E-state index < -0.39 is 0 Å². The molecule has 2 nitrogen and oxygen atoms in total. The Kier molecular flexibility index (Phi) is 5.55. The van der Waals surface area contributed by atoms with Crippen LogP contribution in [0.15, 0.2) is 11.1 Å². The summed E-state index contributed by atoms with van der Waals surface area (Å²) in [5.41, 5.74) is 6.74. The zero-order valence-electron chi connectivity index (χ0n) is 8.13. The predicted molar refractivity (Wildman–Crippen MR) is 70.2 cm³/mol.